The quantitative estimate of drug-likeness (QED) is 0.814. The summed E-state index contributed by atoms with van der Waals surface area (Å²) in [6.45, 7) is 6.98. The van der Waals surface area contributed by atoms with Gasteiger partial charge in [-0.25, -0.2) is 4.79 Å². The Balaban J connectivity index is 1.49. The minimum Gasteiger partial charge on any atom is -0.497 e. The molecule has 1 atom stereocenters. The Morgan fingerprint density at radius 1 is 1.10 bits per heavy atom. The van der Waals surface area contributed by atoms with Gasteiger partial charge in [0.15, 0.2) is 0 Å². The average Bonchev–Trinajstić information content (AvgIpc) is 3.09. The second kappa shape index (κ2) is 8.93. The molecule has 0 saturated carbocycles. The molecule has 0 unspecified atom stereocenters. The number of nitrogens with one attached hydrogen (secondary N) is 1. The summed E-state index contributed by atoms with van der Waals surface area (Å²) in [5.41, 5.74) is 0.245. The third kappa shape index (κ3) is 5.43. The molecule has 1 N–H and O–H groups in total. The molecule has 30 heavy (non-hydrogen) atoms. The minimum absolute atomic E-state index is 0.00123. The summed E-state index contributed by atoms with van der Waals surface area (Å²) in [4.78, 5) is 40.6. The third-order valence-corrected chi connectivity index (χ3v) is 5.37. The number of anilines is 1. The smallest absolute Gasteiger partial charge is 0.410 e. The Kier molecular flexibility index (Phi) is 6.53. The van der Waals surface area contributed by atoms with E-state index in [9.17, 15) is 14.4 Å². The van der Waals surface area contributed by atoms with Crippen LogP contribution >= 0.6 is 0 Å². The van der Waals surface area contributed by atoms with Crippen LogP contribution in [-0.4, -0.2) is 61.2 Å². The predicted octanol–water partition coefficient (Wildman–Crippen LogP) is 2.56. The molecular weight excluding hydrogens is 386 g/mol. The fourth-order valence-corrected chi connectivity index (χ4v) is 3.75. The predicted molar refractivity (Wildman–Crippen MR) is 112 cm³/mol. The molecule has 2 aliphatic rings. The topological polar surface area (TPSA) is 88.2 Å². The van der Waals surface area contributed by atoms with E-state index in [1.165, 1.54) is 0 Å². The molecule has 2 fully saturated rings. The Morgan fingerprint density at radius 3 is 2.30 bits per heavy atom. The van der Waals surface area contributed by atoms with Crippen LogP contribution in [0.25, 0.3) is 0 Å². The van der Waals surface area contributed by atoms with Gasteiger partial charge < -0.3 is 24.6 Å². The molecular formula is C22H31N3O5. The van der Waals surface area contributed by atoms with Crippen LogP contribution in [0, 0.1) is 5.92 Å². The van der Waals surface area contributed by atoms with Crippen molar-refractivity contribution in [2.75, 3.05) is 31.6 Å². The Bertz CT molecular complexity index is 779. The second-order valence-corrected chi connectivity index (χ2v) is 8.85. The highest BCUT2D eigenvalue weighted by molar-refractivity contribution is 6.00. The van der Waals surface area contributed by atoms with Crippen LogP contribution in [0.1, 0.15) is 40.0 Å². The number of likely N-dealkylation sites (tertiary alicyclic amines) is 1. The number of carbonyl (C=O) groups is 3. The van der Waals surface area contributed by atoms with E-state index in [0.717, 1.165) is 11.4 Å². The molecule has 0 aromatic heterocycles. The summed E-state index contributed by atoms with van der Waals surface area (Å²) >= 11 is 0. The molecule has 3 rings (SSSR count). The maximum Gasteiger partial charge on any atom is 0.410 e. The van der Waals surface area contributed by atoms with E-state index in [1.807, 2.05) is 32.9 Å². The van der Waals surface area contributed by atoms with Crippen LogP contribution in [0.2, 0.25) is 0 Å². The van der Waals surface area contributed by atoms with Crippen LogP contribution in [0.15, 0.2) is 24.3 Å². The van der Waals surface area contributed by atoms with Gasteiger partial charge in [-0.1, -0.05) is 0 Å². The number of rotatable bonds is 4. The number of hydrogen-bond acceptors (Lipinski definition) is 5. The summed E-state index contributed by atoms with van der Waals surface area (Å²) < 4.78 is 10.6. The van der Waals surface area contributed by atoms with Crippen molar-refractivity contribution >= 4 is 23.6 Å². The van der Waals surface area contributed by atoms with Gasteiger partial charge in [0.2, 0.25) is 11.8 Å². The largest absolute Gasteiger partial charge is 0.497 e. The number of nitrogens with zero attached hydrogens (tertiary/aromatic N) is 2. The van der Waals surface area contributed by atoms with Gasteiger partial charge in [0.05, 0.1) is 13.0 Å². The van der Waals surface area contributed by atoms with Gasteiger partial charge in [0.25, 0.3) is 0 Å². The second-order valence-electron chi connectivity index (χ2n) is 8.85. The third-order valence-electron chi connectivity index (χ3n) is 5.37. The molecule has 1 aromatic rings. The molecule has 0 bridgehead atoms. The van der Waals surface area contributed by atoms with Crippen molar-refractivity contribution in [3.63, 3.8) is 0 Å². The monoisotopic (exact) mass is 417 g/mol. The zero-order valence-electron chi connectivity index (χ0n) is 18.1. The van der Waals surface area contributed by atoms with Gasteiger partial charge in [-0.2, -0.15) is 0 Å². The highest BCUT2D eigenvalue weighted by Crippen LogP contribution is 2.27. The van der Waals surface area contributed by atoms with Crippen molar-refractivity contribution < 1.29 is 23.9 Å². The molecule has 8 nitrogen and oxygen atoms in total. The summed E-state index contributed by atoms with van der Waals surface area (Å²) in [6.07, 6.45) is 1.24. The van der Waals surface area contributed by atoms with E-state index in [4.69, 9.17) is 9.47 Å². The molecule has 164 valence electrons. The highest BCUT2D eigenvalue weighted by atomic mass is 16.6. The molecule has 2 saturated heterocycles. The van der Waals surface area contributed by atoms with E-state index in [-0.39, 0.29) is 36.3 Å². The lowest BCUT2D eigenvalue weighted by atomic mass is 10.0. The first-order valence-electron chi connectivity index (χ1n) is 10.4. The SMILES string of the molecule is COc1ccc(N2C[C@@H](C(=O)NC3CCN(C(=O)OC(C)(C)C)CC3)CC2=O)cc1. The van der Waals surface area contributed by atoms with Crippen molar-refractivity contribution in [1.29, 1.82) is 0 Å². The van der Waals surface area contributed by atoms with Crippen LogP contribution in [0.3, 0.4) is 0 Å². The number of hydrogen-bond donors (Lipinski definition) is 1. The Morgan fingerprint density at radius 2 is 1.73 bits per heavy atom. The standard InChI is InChI=1S/C22H31N3O5/c1-22(2,3)30-21(28)24-11-9-16(10-12-24)23-20(27)15-13-19(26)25(14-15)17-5-7-18(29-4)8-6-17/h5-8,15-16H,9-14H2,1-4H3,(H,23,27)/t15-/m0/s1. The zero-order valence-corrected chi connectivity index (χ0v) is 18.1. The molecule has 2 heterocycles. The number of piperidine rings is 1. The summed E-state index contributed by atoms with van der Waals surface area (Å²) in [5.74, 6) is 0.191. The first kappa shape index (κ1) is 21.9. The molecule has 8 heteroatoms. The highest BCUT2D eigenvalue weighted by Gasteiger charge is 2.36. The average molecular weight is 418 g/mol. The van der Waals surface area contributed by atoms with E-state index in [1.54, 1.807) is 29.0 Å². The van der Waals surface area contributed by atoms with Crippen LogP contribution in [0.4, 0.5) is 10.5 Å². The normalized spacial score (nSPS) is 20.3. The maximum absolute atomic E-state index is 12.7. The lowest BCUT2D eigenvalue weighted by Gasteiger charge is -2.34. The molecule has 0 aliphatic carbocycles. The number of benzene rings is 1. The minimum atomic E-state index is -0.521. The van der Waals surface area contributed by atoms with Crippen molar-refractivity contribution in [2.45, 2.75) is 51.7 Å². The van der Waals surface area contributed by atoms with E-state index >= 15 is 0 Å². The lowest BCUT2D eigenvalue weighted by molar-refractivity contribution is -0.127. The van der Waals surface area contributed by atoms with Gasteiger partial charge >= 0.3 is 6.09 Å². The molecule has 0 spiro atoms. The van der Waals surface area contributed by atoms with Gasteiger partial charge in [-0.05, 0) is 57.9 Å². The van der Waals surface area contributed by atoms with E-state index in [2.05, 4.69) is 5.32 Å². The fourth-order valence-electron chi connectivity index (χ4n) is 3.75. The van der Waals surface area contributed by atoms with E-state index < -0.39 is 5.60 Å². The van der Waals surface area contributed by atoms with Crippen LogP contribution < -0.4 is 15.0 Å². The van der Waals surface area contributed by atoms with Crippen molar-refractivity contribution in [1.82, 2.24) is 10.2 Å². The number of amides is 3. The van der Waals surface area contributed by atoms with Crippen molar-refractivity contribution in [3.8, 4) is 5.75 Å². The lowest BCUT2D eigenvalue weighted by Crippen LogP contribution is -2.49. The molecule has 1 aromatic carbocycles. The molecule has 0 radical (unpaired) electrons. The van der Waals surface area contributed by atoms with Gasteiger partial charge in [-0.15, -0.1) is 0 Å². The van der Waals surface area contributed by atoms with Crippen LogP contribution in [-0.2, 0) is 14.3 Å². The Hall–Kier alpha value is -2.77. The summed E-state index contributed by atoms with van der Waals surface area (Å²) in [6, 6.07) is 7.25. The van der Waals surface area contributed by atoms with Crippen molar-refractivity contribution in [3.05, 3.63) is 24.3 Å². The van der Waals surface area contributed by atoms with Gasteiger partial charge in [0.1, 0.15) is 11.4 Å². The van der Waals surface area contributed by atoms with Crippen LogP contribution in [0.5, 0.6) is 5.75 Å². The van der Waals surface area contributed by atoms with Gasteiger partial charge in [0, 0.05) is 37.8 Å². The zero-order chi connectivity index (χ0) is 21.9. The number of ether oxygens (including phenoxy) is 2. The van der Waals surface area contributed by atoms with E-state index in [0.29, 0.717) is 32.5 Å². The number of carbonyl (C=O) groups excluding carboxylic acids is 3. The summed E-state index contributed by atoms with van der Waals surface area (Å²) in [5, 5.41) is 3.06. The molecule has 3 amide bonds. The first-order chi connectivity index (χ1) is 14.2. The number of methoxy groups -OCH3 is 1. The summed E-state index contributed by atoms with van der Waals surface area (Å²) in [7, 11) is 1.59. The van der Waals surface area contributed by atoms with Gasteiger partial charge in [-0.3, -0.25) is 9.59 Å². The first-order valence-corrected chi connectivity index (χ1v) is 10.4. The molecule has 2 aliphatic heterocycles. The maximum atomic E-state index is 12.7. The fraction of sp³-hybridized carbons (Fsp3) is 0.591. The Labute approximate surface area is 177 Å². The van der Waals surface area contributed by atoms with Crippen molar-refractivity contribution in [2.24, 2.45) is 5.92 Å².